The van der Waals surface area contributed by atoms with Crippen molar-refractivity contribution < 1.29 is 0 Å². The van der Waals surface area contributed by atoms with Gasteiger partial charge in [0.2, 0.25) is 0 Å². The molecule has 2 rings (SSSR count). The Balaban J connectivity index is 1.91. The molecule has 2 N–H and O–H groups in total. The van der Waals surface area contributed by atoms with E-state index in [2.05, 4.69) is 16.7 Å². The topological polar surface area (TPSA) is 47.9 Å². The second kappa shape index (κ2) is 5.53. The molecule has 1 aromatic rings. The summed E-state index contributed by atoms with van der Waals surface area (Å²) >= 11 is 0. The van der Waals surface area contributed by atoms with Crippen LogP contribution in [0.3, 0.4) is 0 Å². The largest absolute Gasteiger partial charge is 0.384 e. The van der Waals surface area contributed by atoms with Crippen molar-refractivity contribution in [1.82, 2.24) is 5.32 Å². The van der Waals surface area contributed by atoms with Crippen LogP contribution in [0.15, 0.2) is 24.3 Å². The van der Waals surface area contributed by atoms with E-state index >= 15 is 0 Å². The summed E-state index contributed by atoms with van der Waals surface area (Å²) in [5.74, 6) is 0.730. The number of hydrogen-bond donors (Lipinski definition) is 2. The van der Waals surface area contributed by atoms with Crippen LogP contribution in [-0.4, -0.2) is 19.6 Å². The minimum atomic E-state index is 0.730. The van der Waals surface area contributed by atoms with Gasteiger partial charge < -0.3 is 10.6 Å². The summed E-state index contributed by atoms with van der Waals surface area (Å²) in [6.45, 7) is 3.21. The molecule has 1 aromatic carbocycles. The molecule has 0 bridgehead atoms. The molecule has 0 atom stereocenters. The first-order valence-corrected chi connectivity index (χ1v) is 5.84. The van der Waals surface area contributed by atoms with Crippen molar-refractivity contribution in [2.45, 2.75) is 12.8 Å². The third-order valence-electron chi connectivity index (χ3n) is 3.09. The number of anilines is 1. The zero-order chi connectivity index (χ0) is 11.2. The van der Waals surface area contributed by atoms with E-state index in [4.69, 9.17) is 5.26 Å². The monoisotopic (exact) mass is 215 g/mol. The maximum absolute atomic E-state index is 8.96. The Morgan fingerprint density at radius 2 is 2.06 bits per heavy atom. The van der Waals surface area contributed by atoms with E-state index in [-0.39, 0.29) is 0 Å². The highest BCUT2D eigenvalue weighted by Crippen LogP contribution is 2.17. The maximum Gasteiger partial charge on any atom is 0.101 e. The molecule has 0 aromatic heterocycles. The van der Waals surface area contributed by atoms with Gasteiger partial charge in [-0.15, -0.1) is 0 Å². The Labute approximate surface area is 96.5 Å². The summed E-state index contributed by atoms with van der Waals surface area (Å²) in [4.78, 5) is 0. The number of benzene rings is 1. The number of nitrogens with one attached hydrogen (secondary N) is 2. The van der Waals surface area contributed by atoms with Crippen LogP contribution in [0.25, 0.3) is 0 Å². The lowest BCUT2D eigenvalue weighted by molar-refractivity contribution is 0.390. The van der Waals surface area contributed by atoms with Gasteiger partial charge in [0.1, 0.15) is 6.07 Å². The lowest BCUT2D eigenvalue weighted by Crippen LogP contribution is -2.31. The molecule has 3 heteroatoms. The van der Waals surface area contributed by atoms with Crippen LogP contribution in [-0.2, 0) is 0 Å². The van der Waals surface area contributed by atoms with Crippen molar-refractivity contribution in [2.75, 3.05) is 25.0 Å². The SMILES string of the molecule is N#Cc1ccccc1NCC1CCNCC1. The number of hydrogen-bond acceptors (Lipinski definition) is 3. The van der Waals surface area contributed by atoms with Crippen molar-refractivity contribution >= 4 is 5.69 Å². The summed E-state index contributed by atoms with van der Waals surface area (Å²) in [6, 6.07) is 9.89. The fraction of sp³-hybridized carbons (Fsp3) is 0.462. The standard InChI is InChI=1S/C13H17N3/c14-9-12-3-1-2-4-13(12)16-10-11-5-7-15-8-6-11/h1-4,11,15-16H,5-8,10H2. The van der Waals surface area contributed by atoms with Crippen molar-refractivity contribution in [1.29, 1.82) is 5.26 Å². The predicted molar refractivity (Wildman–Crippen MR) is 65.2 cm³/mol. The Morgan fingerprint density at radius 3 is 2.81 bits per heavy atom. The first-order chi connectivity index (χ1) is 7.90. The number of nitrogens with zero attached hydrogens (tertiary/aromatic N) is 1. The molecule has 1 fully saturated rings. The third-order valence-corrected chi connectivity index (χ3v) is 3.09. The van der Waals surface area contributed by atoms with E-state index in [1.54, 1.807) is 0 Å². The van der Waals surface area contributed by atoms with Gasteiger partial charge in [-0.25, -0.2) is 0 Å². The Morgan fingerprint density at radius 1 is 1.31 bits per heavy atom. The lowest BCUT2D eigenvalue weighted by atomic mass is 9.98. The first-order valence-electron chi connectivity index (χ1n) is 5.84. The quantitative estimate of drug-likeness (QED) is 0.810. The molecular formula is C13H17N3. The van der Waals surface area contributed by atoms with Crippen LogP contribution in [0.4, 0.5) is 5.69 Å². The molecule has 16 heavy (non-hydrogen) atoms. The van der Waals surface area contributed by atoms with Crippen LogP contribution >= 0.6 is 0 Å². The Hall–Kier alpha value is -1.53. The van der Waals surface area contributed by atoms with Crippen molar-refractivity contribution in [3.05, 3.63) is 29.8 Å². The van der Waals surface area contributed by atoms with Crippen molar-refractivity contribution in [2.24, 2.45) is 5.92 Å². The normalized spacial score (nSPS) is 16.7. The molecule has 1 aliphatic heterocycles. The molecule has 3 nitrogen and oxygen atoms in total. The predicted octanol–water partition coefficient (Wildman–Crippen LogP) is 1.97. The Bertz CT molecular complexity index is 375. The van der Waals surface area contributed by atoms with Gasteiger partial charge in [-0.3, -0.25) is 0 Å². The van der Waals surface area contributed by atoms with E-state index < -0.39 is 0 Å². The number of nitriles is 1. The van der Waals surface area contributed by atoms with E-state index in [9.17, 15) is 0 Å². The van der Waals surface area contributed by atoms with E-state index in [0.717, 1.165) is 36.8 Å². The second-order valence-corrected chi connectivity index (χ2v) is 4.23. The fourth-order valence-electron chi connectivity index (χ4n) is 2.07. The second-order valence-electron chi connectivity index (χ2n) is 4.23. The highest BCUT2D eigenvalue weighted by atomic mass is 14.9. The average molecular weight is 215 g/mol. The highest BCUT2D eigenvalue weighted by molar-refractivity contribution is 5.57. The summed E-state index contributed by atoms with van der Waals surface area (Å²) in [7, 11) is 0. The molecule has 1 heterocycles. The first kappa shape index (κ1) is 11.0. The minimum Gasteiger partial charge on any atom is -0.384 e. The molecule has 1 aliphatic rings. The Kier molecular flexibility index (Phi) is 3.79. The lowest BCUT2D eigenvalue weighted by Gasteiger charge is -2.23. The number of piperidine rings is 1. The number of rotatable bonds is 3. The van der Waals surface area contributed by atoms with Crippen molar-refractivity contribution in [3.63, 3.8) is 0 Å². The summed E-state index contributed by atoms with van der Waals surface area (Å²) < 4.78 is 0. The van der Waals surface area contributed by atoms with Gasteiger partial charge in [0, 0.05) is 6.54 Å². The zero-order valence-electron chi connectivity index (χ0n) is 9.37. The van der Waals surface area contributed by atoms with Crippen LogP contribution in [0.2, 0.25) is 0 Å². The van der Waals surface area contributed by atoms with Gasteiger partial charge in [-0.1, -0.05) is 12.1 Å². The van der Waals surface area contributed by atoms with E-state index in [1.165, 1.54) is 12.8 Å². The molecule has 0 saturated carbocycles. The molecule has 84 valence electrons. The van der Waals surface area contributed by atoms with Gasteiger partial charge in [-0.05, 0) is 44.0 Å². The molecular weight excluding hydrogens is 198 g/mol. The van der Waals surface area contributed by atoms with Gasteiger partial charge in [0.15, 0.2) is 0 Å². The van der Waals surface area contributed by atoms with E-state index in [1.807, 2.05) is 24.3 Å². The van der Waals surface area contributed by atoms with Crippen LogP contribution < -0.4 is 10.6 Å². The smallest absolute Gasteiger partial charge is 0.101 e. The summed E-state index contributed by atoms with van der Waals surface area (Å²) in [6.07, 6.45) is 2.45. The molecule has 0 unspecified atom stereocenters. The van der Waals surface area contributed by atoms with Crippen LogP contribution in [0.5, 0.6) is 0 Å². The van der Waals surface area contributed by atoms with Gasteiger partial charge in [0.25, 0.3) is 0 Å². The molecule has 1 saturated heterocycles. The van der Waals surface area contributed by atoms with E-state index in [0.29, 0.717) is 0 Å². The van der Waals surface area contributed by atoms with Crippen LogP contribution in [0.1, 0.15) is 18.4 Å². The van der Waals surface area contributed by atoms with Crippen LogP contribution in [0, 0.1) is 17.2 Å². The zero-order valence-corrected chi connectivity index (χ0v) is 9.37. The molecule has 0 amide bonds. The van der Waals surface area contributed by atoms with Crippen molar-refractivity contribution in [3.8, 4) is 6.07 Å². The summed E-state index contributed by atoms with van der Waals surface area (Å²) in [5.41, 5.74) is 1.69. The number of para-hydroxylation sites is 1. The molecule has 0 spiro atoms. The van der Waals surface area contributed by atoms with Gasteiger partial charge >= 0.3 is 0 Å². The maximum atomic E-state index is 8.96. The summed E-state index contributed by atoms with van der Waals surface area (Å²) in [5, 5.41) is 15.7. The minimum absolute atomic E-state index is 0.730. The fourth-order valence-corrected chi connectivity index (χ4v) is 2.07. The third kappa shape index (κ3) is 2.74. The van der Waals surface area contributed by atoms with Gasteiger partial charge in [-0.2, -0.15) is 5.26 Å². The van der Waals surface area contributed by atoms with Gasteiger partial charge in [0.05, 0.1) is 11.3 Å². The highest BCUT2D eigenvalue weighted by Gasteiger charge is 2.12. The molecule has 0 aliphatic carbocycles. The average Bonchev–Trinajstić information content (AvgIpc) is 2.38. The molecule has 0 radical (unpaired) electrons.